The van der Waals surface area contributed by atoms with Crippen LogP contribution in [0.25, 0.3) is 0 Å². The van der Waals surface area contributed by atoms with Gasteiger partial charge in [0.25, 0.3) is 0 Å². The molecule has 1 fully saturated rings. The van der Waals surface area contributed by atoms with Crippen LogP contribution in [0.5, 0.6) is 5.75 Å². The lowest BCUT2D eigenvalue weighted by Gasteiger charge is -2.24. The van der Waals surface area contributed by atoms with Crippen LogP contribution in [0.1, 0.15) is 5.56 Å². The number of nitrogens with zero attached hydrogens (tertiary/aromatic N) is 1. The Balaban J connectivity index is 1.86. The van der Waals surface area contributed by atoms with Gasteiger partial charge in [-0.1, -0.05) is 11.8 Å². The Kier molecular flexibility index (Phi) is 4.43. The molecule has 0 spiro atoms. The molecule has 0 aromatic heterocycles. The van der Waals surface area contributed by atoms with E-state index in [9.17, 15) is 0 Å². The van der Waals surface area contributed by atoms with Crippen molar-refractivity contribution in [2.24, 2.45) is 0 Å². The molecule has 1 aliphatic heterocycles. The Labute approximate surface area is 102 Å². The van der Waals surface area contributed by atoms with Crippen molar-refractivity contribution in [3.05, 3.63) is 29.8 Å². The van der Waals surface area contributed by atoms with Crippen molar-refractivity contribution >= 4 is 0 Å². The van der Waals surface area contributed by atoms with Gasteiger partial charge in [0, 0.05) is 18.7 Å². The summed E-state index contributed by atoms with van der Waals surface area (Å²) in [6, 6.07) is 7.81. The van der Waals surface area contributed by atoms with E-state index < -0.39 is 0 Å². The number of benzene rings is 1. The fourth-order valence-corrected chi connectivity index (χ4v) is 1.69. The lowest BCUT2D eigenvalue weighted by atomic mass is 10.2. The first-order valence-corrected chi connectivity index (χ1v) is 5.81. The quantitative estimate of drug-likeness (QED) is 0.718. The highest BCUT2D eigenvalue weighted by atomic mass is 16.5. The summed E-state index contributed by atoms with van der Waals surface area (Å²) in [6.07, 6.45) is 0. The maximum absolute atomic E-state index is 5.29. The van der Waals surface area contributed by atoms with E-state index in [0.717, 1.165) is 44.2 Å². The van der Waals surface area contributed by atoms with Gasteiger partial charge in [-0.25, -0.2) is 0 Å². The van der Waals surface area contributed by atoms with Gasteiger partial charge in [-0.2, -0.15) is 0 Å². The maximum atomic E-state index is 5.29. The summed E-state index contributed by atoms with van der Waals surface area (Å²) in [4.78, 5) is 2.31. The van der Waals surface area contributed by atoms with E-state index in [1.807, 2.05) is 24.3 Å². The Morgan fingerprint density at radius 1 is 1.24 bits per heavy atom. The predicted molar refractivity (Wildman–Crippen MR) is 67.1 cm³/mol. The van der Waals surface area contributed by atoms with Crippen LogP contribution in [0.2, 0.25) is 0 Å². The molecule has 0 radical (unpaired) electrons. The van der Waals surface area contributed by atoms with E-state index in [1.54, 1.807) is 7.11 Å². The molecule has 0 unspecified atom stereocenters. The fourth-order valence-electron chi connectivity index (χ4n) is 1.69. The van der Waals surface area contributed by atoms with Crippen molar-refractivity contribution in [1.82, 2.24) is 4.90 Å². The van der Waals surface area contributed by atoms with E-state index in [4.69, 9.17) is 9.47 Å². The molecule has 1 heterocycles. The summed E-state index contributed by atoms with van der Waals surface area (Å²) in [5.74, 6) is 7.21. The summed E-state index contributed by atoms with van der Waals surface area (Å²) < 4.78 is 10.4. The molecule has 1 aliphatic rings. The van der Waals surface area contributed by atoms with Crippen LogP contribution in [-0.4, -0.2) is 44.9 Å². The van der Waals surface area contributed by atoms with Gasteiger partial charge >= 0.3 is 0 Å². The summed E-state index contributed by atoms with van der Waals surface area (Å²) >= 11 is 0. The number of ether oxygens (including phenoxy) is 2. The fraction of sp³-hybridized carbons (Fsp3) is 0.429. The third-order valence-electron chi connectivity index (χ3n) is 2.73. The zero-order valence-corrected chi connectivity index (χ0v) is 10.1. The van der Waals surface area contributed by atoms with Crippen LogP contribution < -0.4 is 4.74 Å². The van der Waals surface area contributed by atoms with Gasteiger partial charge in [0.2, 0.25) is 0 Å². The molecule has 0 bridgehead atoms. The molecule has 1 aromatic carbocycles. The largest absolute Gasteiger partial charge is 0.497 e. The van der Waals surface area contributed by atoms with Crippen LogP contribution in [0.15, 0.2) is 24.3 Å². The molecule has 0 amide bonds. The molecule has 17 heavy (non-hydrogen) atoms. The number of hydrogen-bond donors (Lipinski definition) is 0. The molecule has 2 rings (SSSR count). The third kappa shape index (κ3) is 3.77. The lowest BCUT2D eigenvalue weighted by molar-refractivity contribution is 0.0443. The number of rotatable bonds is 2. The van der Waals surface area contributed by atoms with Crippen molar-refractivity contribution in [1.29, 1.82) is 0 Å². The average molecular weight is 231 g/mol. The minimum absolute atomic E-state index is 0.815. The molecule has 90 valence electrons. The molecular weight excluding hydrogens is 214 g/mol. The Hall–Kier alpha value is -1.50. The second-order valence-corrected chi connectivity index (χ2v) is 3.92. The average Bonchev–Trinajstić information content (AvgIpc) is 2.41. The van der Waals surface area contributed by atoms with Gasteiger partial charge < -0.3 is 9.47 Å². The number of morpholine rings is 1. The topological polar surface area (TPSA) is 21.7 Å². The van der Waals surface area contributed by atoms with Crippen LogP contribution >= 0.6 is 0 Å². The van der Waals surface area contributed by atoms with Crippen LogP contribution in [0.4, 0.5) is 0 Å². The number of hydrogen-bond acceptors (Lipinski definition) is 3. The highest BCUT2D eigenvalue weighted by Gasteiger charge is 2.07. The molecule has 0 aliphatic carbocycles. The van der Waals surface area contributed by atoms with Crippen molar-refractivity contribution in [3.8, 4) is 17.6 Å². The van der Waals surface area contributed by atoms with Crippen molar-refractivity contribution in [2.75, 3.05) is 40.0 Å². The highest BCUT2D eigenvalue weighted by Crippen LogP contribution is 2.10. The molecule has 0 atom stereocenters. The minimum atomic E-state index is 0.815. The zero-order valence-electron chi connectivity index (χ0n) is 10.1. The van der Waals surface area contributed by atoms with E-state index in [2.05, 4.69) is 16.7 Å². The lowest BCUT2D eigenvalue weighted by Crippen LogP contribution is -2.36. The smallest absolute Gasteiger partial charge is 0.118 e. The van der Waals surface area contributed by atoms with Gasteiger partial charge in [-0.3, -0.25) is 4.90 Å². The Morgan fingerprint density at radius 2 is 1.94 bits per heavy atom. The Morgan fingerprint density at radius 3 is 2.59 bits per heavy atom. The summed E-state index contributed by atoms with van der Waals surface area (Å²) in [5, 5.41) is 0. The summed E-state index contributed by atoms with van der Waals surface area (Å²) in [6.45, 7) is 4.43. The van der Waals surface area contributed by atoms with Crippen molar-refractivity contribution in [2.45, 2.75) is 0 Å². The molecule has 1 saturated heterocycles. The minimum Gasteiger partial charge on any atom is -0.497 e. The van der Waals surface area contributed by atoms with E-state index >= 15 is 0 Å². The van der Waals surface area contributed by atoms with Gasteiger partial charge in [0.1, 0.15) is 5.75 Å². The first kappa shape index (κ1) is 12.0. The molecule has 0 saturated carbocycles. The monoisotopic (exact) mass is 231 g/mol. The second kappa shape index (κ2) is 6.29. The van der Waals surface area contributed by atoms with E-state index in [0.29, 0.717) is 0 Å². The normalized spacial score (nSPS) is 16.1. The first-order valence-electron chi connectivity index (χ1n) is 5.81. The van der Waals surface area contributed by atoms with Gasteiger partial charge in [-0.05, 0) is 24.3 Å². The van der Waals surface area contributed by atoms with Crippen LogP contribution in [0.3, 0.4) is 0 Å². The standard InChI is InChI=1S/C14H17NO2/c1-16-14-6-4-13(5-7-14)3-2-8-15-9-11-17-12-10-15/h4-7H,8-12H2,1H3. The van der Waals surface area contributed by atoms with Crippen LogP contribution in [0, 0.1) is 11.8 Å². The summed E-state index contributed by atoms with van der Waals surface area (Å²) in [7, 11) is 1.67. The van der Waals surface area contributed by atoms with Gasteiger partial charge in [0.05, 0.1) is 26.9 Å². The van der Waals surface area contributed by atoms with E-state index in [1.165, 1.54) is 0 Å². The molecule has 3 heteroatoms. The predicted octanol–water partition coefficient (Wildman–Crippen LogP) is 1.38. The maximum Gasteiger partial charge on any atom is 0.118 e. The SMILES string of the molecule is COc1ccc(C#CCN2CCOCC2)cc1. The Bertz CT molecular complexity index is 396. The summed E-state index contributed by atoms with van der Waals surface area (Å²) in [5.41, 5.74) is 1.03. The second-order valence-electron chi connectivity index (χ2n) is 3.92. The zero-order chi connectivity index (χ0) is 11.9. The molecular formula is C14H17NO2. The molecule has 0 N–H and O–H groups in total. The molecule has 1 aromatic rings. The highest BCUT2D eigenvalue weighted by molar-refractivity contribution is 5.38. The van der Waals surface area contributed by atoms with Crippen LogP contribution in [-0.2, 0) is 4.74 Å². The van der Waals surface area contributed by atoms with Gasteiger partial charge in [0.15, 0.2) is 0 Å². The van der Waals surface area contributed by atoms with E-state index in [-0.39, 0.29) is 0 Å². The van der Waals surface area contributed by atoms with Gasteiger partial charge in [-0.15, -0.1) is 0 Å². The third-order valence-corrected chi connectivity index (χ3v) is 2.73. The number of methoxy groups -OCH3 is 1. The van der Waals surface area contributed by atoms with Crippen molar-refractivity contribution in [3.63, 3.8) is 0 Å². The first-order chi connectivity index (χ1) is 8.38. The molecule has 3 nitrogen and oxygen atoms in total. The van der Waals surface area contributed by atoms with Crippen molar-refractivity contribution < 1.29 is 9.47 Å².